The maximum absolute atomic E-state index is 5.98. The molecule has 1 aliphatic rings. The molecule has 0 bridgehead atoms. The number of nitrogens with one attached hydrogen (secondary N) is 1. The zero-order valence-electron chi connectivity index (χ0n) is 8.62. The van der Waals surface area contributed by atoms with Crippen molar-refractivity contribution in [1.29, 1.82) is 0 Å². The molecule has 3 heteroatoms. The minimum absolute atomic E-state index is 0.589. The van der Waals surface area contributed by atoms with Gasteiger partial charge in [-0.15, -0.1) is 0 Å². The van der Waals surface area contributed by atoms with Crippen LogP contribution in [0.4, 0.5) is 0 Å². The van der Waals surface area contributed by atoms with Gasteiger partial charge in [-0.05, 0) is 25.3 Å². The molecule has 2 rings (SSSR count). The maximum Gasteiger partial charge on any atom is 0.133 e. The van der Waals surface area contributed by atoms with Crippen LogP contribution in [0.25, 0.3) is 0 Å². The first kappa shape index (κ1) is 10.7. The van der Waals surface area contributed by atoms with Crippen molar-refractivity contribution >= 4 is 11.6 Å². The number of hydrogen-bond acceptors (Lipinski definition) is 2. The molecule has 1 aromatic heterocycles. The van der Waals surface area contributed by atoms with Crippen molar-refractivity contribution in [3.05, 3.63) is 41.2 Å². The Morgan fingerprint density at radius 2 is 2.40 bits per heavy atom. The molecule has 2 nitrogen and oxygen atoms in total. The van der Waals surface area contributed by atoms with Gasteiger partial charge in [-0.2, -0.15) is 0 Å². The molecular weight excluding hydrogens is 208 g/mol. The lowest BCUT2D eigenvalue weighted by Crippen LogP contribution is -2.29. The molecule has 0 aromatic carbocycles. The van der Waals surface area contributed by atoms with E-state index >= 15 is 0 Å². The van der Waals surface area contributed by atoms with E-state index in [1.54, 1.807) is 6.20 Å². The Morgan fingerprint density at radius 1 is 1.47 bits per heavy atom. The molecule has 0 spiro atoms. The SMILES string of the molecule is Clc1ncccc1CNC1CC=CCC1. The zero-order valence-corrected chi connectivity index (χ0v) is 9.37. The number of allylic oxidation sites excluding steroid dienone is 1. The standard InChI is InChI=1S/C12H15ClN2/c13-12-10(5-4-8-14-12)9-15-11-6-2-1-3-7-11/h1-2,4-5,8,11,15H,3,6-7,9H2. The number of aromatic nitrogens is 1. The third-order valence-corrected chi connectivity index (χ3v) is 3.03. The average molecular weight is 223 g/mol. The van der Waals surface area contributed by atoms with Crippen LogP contribution in [0.1, 0.15) is 24.8 Å². The summed E-state index contributed by atoms with van der Waals surface area (Å²) in [7, 11) is 0. The summed E-state index contributed by atoms with van der Waals surface area (Å²) >= 11 is 5.98. The first-order valence-corrected chi connectivity index (χ1v) is 5.72. The first-order valence-electron chi connectivity index (χ1n) is 5.34. The summed E-state index contributed by atoms with van der Waals surface area (Å²) in [4.78, 5) is 4.05. The van der Waals surface area contributed by atoms with Crippen LogP contribution < -0.4 is 5.32 Å². The number of halogens is 1. The van der Waals surface area contributed by atoms with E-state index in [0.29, 0.717) is 11.2 Å². The highest BCUT2D eigenvalue weighted by Crippen LogP contribution is 2.14. The summed E-state index contributed by atoms with van der Waals surface area (Å²) in [6.45, 7) is 0.811. The van der Waals surface area contributed by atoms with Crippen LogP contribution in [-0.4, -0.2) is 11.0 Å². The monoisotopic (exact) mass is 222 g/mol. The van der Waals surface area contributed by atoms with Crippen LogP contribution in [0, 0.1) is 0 Å². The Kier molecular flexibility index (Phi) is 3.75. The van der Waals surface area contributed by atoms with Crippen molar-refractivity contribution in [2.24, 2.45) is 0 Å². The molecule has 0 fully saturated rings. The van der Waals surface area contributed by atoms with Gasteiger partial charge < -0.3 is 5.32 Å². The molecule has 0 radical (unpaired) electrons. The van der Waals surface area contributed by atoms with Crippen molar-refractivity contribution in [2.75, 3.05) is 0 Å². The fourth-order valence-corrected chi connectivity index (χ4v) is 1.97. The maximum atomic E-state index is 5.98. The first-order chi connectivity index (χ1) is 7.36. The van der Waals surface area contributed by atoms with E-state index < -0.39 is 0 Å². The lowest BCUT2D eigenvalue weighted by Gasteiger charge is -2.19. The number of rotatable bonds is 3. The molecule has 15 heavy (non-hydrogen) atoms. The van der Waals surface area contributed by atoms with Crippen LogP contribution in [-0.2, 0) is 6.54 Å². The van der Waals surface area contributed by atoms with E-state index in [-0.39, 0.29) is 0 Å². The normalized spacial score (nSPS) is 20.5. The van der Waals surface area contributed by atoms with E-state index in [0.717, 1.165) is 18.5 Å². The van der Waals surface area contributed by atoms with Gasteiger partial charge in [0.2, 0.25) is 0 Å². The highest BCUT2D eigenvalue weighted by Gasteiger charge is 2.09. The fourth-order valence-electron chi connectivity index (χ4n) is 1.78. The number of pyridine rings is 1. The Bertz CT molecular complexity index is 349. The Morgan fingerprint density at radius 3 is 3.13 bits per heavy atom. The lowest BCUT2D eigenvalue weighted by atomic mass is 10.0. The predicted octanol–water partition coefficient (Wildman–Crippen LogP) is 2.93. The predicted molar refractivity (Wildman–Crippen MR) is 62.9 cm³/mol. The smallest absolute Gasteiger partial charge is 0.133 e. The minimum Gasteiger partial charge on any atom is -0.309 e. The van der Waals surface area contributed by atoms with E-state index in [9.17, 15) is 0 Å². The summed E-state index contributed by atoms with van der Waals surface area (Å²) in [6.07, 6.45) is 9.72. The second-order valence-electron chi connectivity index (χ2n) is 3.82. The molecule has 1 unspecified atom stereocenters. The fraction of sp³-hybridized carbons (Fsp3) is 0.417. The number of nitrogens with zero attached hydrogens (tertiary/aromatic N) is 1. The molecule has 80 valence electrons. The van der Waals surface area contributed by atoms with Crippen molar-refractivity contribution < 1.29 is 0 Å². The van der Waals surface area contributed by atoms with Gasteiger partial charge in [0.05, 0.1) is 0 Å². The van der Waals surface area contributed by atoms with Gasteiger partial charge in [-0.25, -0.2) is 4.98 Å². The molecular formula is C12H15ClN2. The second kappa shape index (κ2) is 5.29. The molecule has 0 saturated heterocycles. The van der Waals surface area contributed by atoms with Gasteiger partial charge in [0.15, 0.2) is 0 Å². The van der Waals surface area contributed by atoms with Crippen LogP contribution in [0.15, 0.2) is 30.5 Å². The van der Waals surface area contributed by atoms with Crippen LogP contribution in [0.2, 0.25) is 5.15 Å². The van der Waals surface area contributed by atoms with E-state index in [4.69, 9.17) is 11.6 Å². The highest BCUT2D eigenvalue weighted by atomic mass is 35.5. The average Bonchev–Trinajstić information content (AvgIpc) is 2.29. The van der Waals surface area contributed by atoms with Gasteiger partial charge >= 0.3 is 0 Å². The van der Waals surface area contributed by atoms with E-state index in [1.807, 2.05) is 12.1 Å². The van der Waals surface area contributed by atoms with Gasteiger partial charge in [0.1, 0.15) is 5.15 Å². The van der Waals surface area contributed by atoms with Crippen LogP contribution in [0.3, 0.4) is 0 Å². The largest absolute Gasteiger partial charge is 0.309 e. The molecule has 1 N–H and O–H groups in total. The summed E-state index contributed by atoms with van der Waals surface area (Å²) < 4.78 is 0. The lowest BCUT2D eigenvalue weighted by molar-refractivity contribution is 0.474. The molecule has 1 heterocycles. The summed E-state index contributed by atoms with van der Waals surface area (Å²) in [5.41, 5.74) is 1.08. The van der Waals surface area contributed by atoms with Crippen LogP contribution >= 0.6 is 11.6 Å². The molecule has 0 saturated carbocycles. The van der Waals surface area contributed by atoms with Gasteiger partial charge in [-0.3, -0.25) is 0 Å². The highest BCUT2D eigenvalue weighted by molar-refractivity contribution is 6.30. The minimum atomic E-state index is 0.589. The summed E-state index contributed by atoms with van der Waals surface area (Å²) in [5.74, 6) is 0. The Balaban J connectivity index is 1.87. The third kappa shape index (κ3) is 3.05. The summed E-state index contributed by atoms with van der Waals surface area (Å²) in [6, 6.07) is 4.52. The third-order valence-electron chi connectivity index (χ3n) is 2.69. The molecule has 1 atom stereocenters. The topological polar surface area (TPSA) is 24.9 Å². The van der Waals surface area contributed by atoms with Gasteiger partial charge in [-0.1, -0.05) is 29.8 Å². The van der Waals surface area contributed by atoms with E-state index in [2.05, 4.69) is 22.5 Å². The molecule has 1 aromatic rings. The molecule has 0 aliphatic heterocycles. The van der Waals surface area contributed by atoms with Crippen molar-refractivity contribution in [3.8, 4) is 0 Å². The quantitative estimate of drug-likeness (QED) is 0.629. The number of hydrogen-bond donors (Lipinski definition) is 1. The summed E-state index contributed by atoms with van der Waals surface area (Å²) in [5, 5.41) is 4.11. The van der Waals surface area contributed by atoms with Gasteiger partial charge in [0.25, 0.3) is 0 Å². The zero-order chi connectivity index (χ0) is 10.5. The Labute approximate surface area is 95.4 Å². The molecule has 1 aliphatic carbocycles. The Hall–Kier alpha value is -0.860. The molecule has 0 amide bonds. The van der Waals surface area contributed by atoms with Gasteiger partial charge in [0, 0.05) is 24.3 Å². The van der Waals surface area contributed by atoms with Crippen LogP contribution in [0.5, 0.6) is 0 Å². The van der Waals surface area contributed by atoms with Crippen molar-refractivity contribution in [3.63, 3.8) is 0 Å². The van der Waals surface area contributed by atoms with E-state index in [1.165, 1.54) is 12.8 Å². The van der Waals surface area contributed by atoms with Crippen molar-refractivity contribution in [1.82, 2.24) is 10.3 Å². The van der Waals surface area contributed by atoms with Crippen molar-refractivity contribution in [2.45, 2.75) is 31.8 Å². The second-order valence-corrected chi connectivity index (χ2v) is 4.17.